The number of hydrogen-bond acceptors (Lipinski definition) is 2. The van der Waals surface area contributed by atoms with E-state index in [0.717, 1.165) is 19.4 Å². The van der Waals surface area contributed by atoms with Gasteiger partial charge in [-0.15, -0.1) is 0 Å². The SMILES string of the molecule is COC1CCCNC1=O. The second kappa shape index (κ2) is 2.82. The molecule has 52 valence electrons. The van der Waals surface area contributed by atoms with Gasteiger partial charge < -0.3 is 10.1 Å². The van der Waals surface area contributed by atoms with Crippen molar-refractivity contribution in [1.29, 1.82) is 0 Å². The summed E-state index contributed by atoms with van der Waals surface area (Å²) in [7, 11) is 1.57. The Bertz CT molecular complexity index is 114. The van der Waals surface area contributed by atoms with Crippen molar-refractivity contribution in [3.8, 4) is 0 Å². The first-order valence-corrected chi connectivity index (χ1v) is 3.15. The van der Waals surface area contributed by atoms with E-state index in [0.29, 0.717) is 0 Å². The van der Waals surface area contributed by atoms with Crippen LogP contribution in [0.2, 0.25) is 0 Å². The molecule has 1 aliphatic heterocycles. The van der Waals surface area contributed by atoms with Gasteiger partial charge in [0.1, 0.15) is 6.10 Å². The molecular weight excluding hydrogens is 118 g/mol. The van der Waals surface area contributed by atoms with E-state index >= 15 is 0 Å². The lowest BCUT2D eigenvalue weighted by Crippen LogP contribution is -2.40. The minimum absolute atomic E-state index is 0.0313. The summed E-state index contributed by atoms with van der Waals surface area (Å²) in [5.74, 6) is 0.0313. The van der Waals surface area contributed by atoms with Gasteiger partial charge in [-0.3, -0.25) is 4.79 Å². The third-order valence-electron chi connectivity index (χ3n) is 1.52. The van der Waals surface area contributed by atoms with E-state index in [4.69, 9.17) is 4.74 Å². The molecule has 0 radical (unpaired) electrons. The highest BCUT2D eigenvalue weighted by Gasteiger charge is 2.20. The first-order chi connectivity index (χ1) is 4.34. The molecule has 0 spiro atoms. The monoisotopic (exact) mass is 129 g/mol. The van der Waals surface area contributed by atoms with E-state index in [1.165, 1.54) is 0 Å². The molecule has 1 fully saturated rings. The molecule has 0 saturated carbocycles. The maximum atomic E-state index is 10.8. The van der Waals surface area contributed by atoms with Gasteiger partial charge in [-0.05, 0) is 12.8 Å². The summed E-state index contributed by atoms with van der Waals surface area (Å²) >= 11 is 0. The molecule has 0 aromatic carbocycles. The number of nitrogens with one attached hydrogen (secondary N) is 1. The highest BCUT2D eigenvalue weighted by Crippen LogP contribution is 2.04. The minimum atomic E-state index is -0.196. The van der Waals surface area contributed by atoms with E-state index in [1.807, 2.05) is 0 Å². The van der Waals surface area contributed by atoms with E-state index in [1.54, 1.807) is 7.11 Å². The predicted molar refractivity (Wildman–Crippen MR) is 33.0 cm³/mol. The minimum Gasteiger partial charge on any atom is -0.372 e. The van der Waals surface area contributed by atoms with Crippen LogP contribution in [0.15, 0.2) is 0 Å². The van der Waals surface area contributed by atoms with Crippen LogP contribution in [0.1, 0.15) is 12.8 Å². The third kappa shape index (κ3) is 1.42. The zero-order chi connectivity index (χ0) is 6.69. The molecule has 1 saturated heterocycles. The van der Waals surface area contributed by atoms with Crippen LogP contribution in [0, 0.1) is 0 Å². The Morgan fingerprint density at radius 1 is 1.78 bits per heavy atom. The molecule has 0 aromatic heterocycles. The van der Waals surface area contributed by atoms with Gasteiger partial charge in [0.05, 0.1) is 0 Å². The van der Waals surface area contributed by atoms with Crippen molar-refractivity contribution >= 4 is 5.91 Å². The number of carbonyl (C=O) groups excluding carboxylic acids is 1. The molecule has 1 heterocycles. The Kier molecular flexibility index (Phi) is 2.05. The number of carbonyl (C=O) groups is 1. The summed E-state index contributed by atoms with van der Waals surface area (Å²) in [6, 6.07) is 0. The average Bonchev–Trinajstić information content (AvgIpc) is 1.89. The van der Waals surface area contributed by atoms with Crippen molar-refractivity contribution in [2.24, 2.45) is 0 Å². The van der Waals surface area contributed by atoms with Crippen LogP contribution < -0.4 is 5.32 Å². The lowest BCUT2D eigenvalue weighted by molar-refractivity contribution is -0.133. The zero-order valence-electron chi connectivity index (χ0n) is 5.52. The van der Waals surface area contributed by atoms with Crippen LogP contribution in [0.3, 0.4) is 0 Å². The second-order valence-corrected chi connectivity index (χ2v) is 2.16. The second-order valence-electron chi connectivity index (χ2n) is 2.16. The maximum absolute atomic E-state index is 10.8. The summed E-state index contributed by atoms with van der Waals surface area (Å²) in [4.78, 5) is 10.8. The molecule has 1 atom stereocenters. The lowest BCUT2D eigenvalue weighted by Gasteiger charge is -2.19. The van der Waals surface area contributed by atoms with Crippen LogP contribution in [-0.4, -0.2) is 25.7 Å². The Balaban J connectivity index is 2.39. The molecule has 0 aliphatic carbocycles. The van der Waals surface area contributed by atoms with Crippen LogP contribution in [-0.2, 0) is 9.53 Å². The standard InChI is InChI=1S/C6H11NO2/c1-9-5-3-2-4-7-6(5)8/h5H,2-4H2,1H3,(H,7,8). The maximum Gasteiger partial charge on any atom is 0.249 e. The van der Waals surface area contributed by atoms with Crippen molar-refractivity contribution in [1.82, 2.24) is 5.32 Å². The molecule has 0 bridgehead atoms. The van der Waals surface area contributed by atoms with Crippen molar-refractivity contribution < 1.29 is 9.53 Å². The molecule has 1 aliphatic rings. The lowest BCUT2D eigenvalue weighted by atomic mass is 10.1. The van der Waals surface area contributed by atoms with Crippen LogP contribution >= 0.6 is 0 Å². The third-order valence-corrected chi connectivity index (χ3v) is 1.52. The van der Waals surface area contributed by atoms with Gasteiger partial charge in [-0.25, -0.2) is 0 Å². The largest absolute Gasteiger partial charge is 0.372 e. The van der Waals surface area contributed by atoms with Gasteiger partial charge in [0.2, 0.25) is 5.91 Å². The van der Waals surface area contributed by atoms with Crippen LogP contribution in [0.4, 0.5) is 0 Å². The van der Waals surface area contributed by atoms with Crippen molar-refractivity contribution in [2.75, 3.05) is 13.7 Å². The highest BCUT2D eigenvalue weighted by atomic mass is 16.5. The number of rotatable bonds is 1. The molecule has 1 amide bonds. The van der Waals surface area contributed by atoms with E-state index in [2.05, 4.69) is 5.32 Å². The summed E-state index contributed by atoms with van der Waals surface area (Å²) in [5, 5.41) is 2.72. The summed E-state index contributed by atoms with van der Waals surface area (Å²) < 4.78 is 4.89. The van der Waals surface area contributed by atoms with E-state index in [-0.39, 0.29) is 12.0 Å². The fourth-order valence-electron chi connectivity index (χ4n) is 0.969. The molecule has 3 heteroatoms. The average molecular weight is 129 g/mol. The number of methoxy groups -OCH3 is 1. The van der Waals surface area contributed by atoms with Gasteiger partial charge in [-0.1, -0.05) is 0 Å². The van der Waals surface area contributed by atoms with Gasteiger partial charge in [0.15, 0.2) is 0 Å². The number of ether oxygens (including phenoxy) is 1. The molecule has 0 aromatic rings. The van der Waals surface area contributed by atoms with Crippen molar-refractivity contribution in [3.63, 3.8) is 0 Å². The molecule has 1 N–H and O–H groups in total. The predicted octanol–water partition coefficient (Wildman–Crippen LogP) is -0.0886. The topological polar surface area (TPSA) is 38.3 Å². The van der Waals surface area contributed by atoms with Crippen molar-refractivity contribution in [2.45, 2.75) is 18.9 Å². The fourth-order valence-corrected chi connectivity index (χ4v) is 0.969. The highest BCUT2D eigenvalue weighted by molar-refractivity contribution is 5.81. The van der Waals surface area contributed by atoms with Gasteiger partial charge in [-0.2, -0.15) is 0 Å². The molecule has 1 rings (SSSR count). The quantitative estimate of drug-likeness (QED) is 0.537. The fraction of sp³-hybridized carbons (Fsp3) is 0.833. The number of hydrogen-bond donors (Lipinski definition) is 1. The van der Waals surface area contributed by atoms with E-state index in [9.17, 15) is 4.79 Å². The molecule has 1 unspecified atom stereocenters. The normalized spacial score (nSPS) is 27.7. The number of piperidine rings is 1. The summed E-state index contributed by atoms with van der Waals surface area (Å²) in [6.45, 7) is 0.804. The van der Waals surface area contributed by atoms with Gasteiger partial charge in [0.25, 0.3) is 0 Å². The Morgan fingerprint density at radius 2 is 2.56 bits per heavy atom. The zero-order valence-corrected chi connectivity index (χ0v) is 5.52. The molecule has 3 nitrogen and oxygen atoms in total. The first-order valence-electron chi connectivity index (χ1n) is 3.15. The Morgan fingerprint density at radius 3 is 3.00 bits per heavy atom. The Hall–Kier alpha value is -0.570. The number of amides is 1. The van der Waals surface area contributed by atoms with Gasteiger partial charge >= 0.3 is 0 Å². The first kappa shape index (κ1) is 6.55. The molecule has 9 heavy (non-hydrogen) atoms. The van der Waals surface area contributed by atoms with E-state index < -0.39 is 0 Å². The smallest absolute Gasteiger partial charge is 0.249 e. The Labute approximate surface area is 54.4 Å². The summed E-state index contributed by atoms with van der Waals surface area (Å²) in [5.41, 5.74) is 0. The summed E-state index contributed by atoms with van der Waals surface area (Å²) in [6.07, 6.45) is 1.70. The van der Waals surface area contributed by atoms with Crippen LogP contribution in [0.5, 0.6) is 0 Å². The van der Waals surface area contributed by atoms with Crippen LogP contribution in [0.25, 0.3) is 0 Å². The molecular formula is C6H11NO2. The van der Waals surface area contributed by atoms with Gasteiger partial charge in [0, 0.05) is 13.7 Å². The van der Waals surface area contributed by atoms with Crippen molar-refractivity contribution in [3.05, 3.63) is 0 Å².